The highest BCUT2D eigenvalue weighted by atomic mass is 16.2. The van der Waals surface area contributed by atoms with Gasteiger partial charge in [0.1, 0.15) is 5.54 Å². The summed E-state index contributed by atoms with van der Waals surface area (Å²) in [7, 11) is 0. The minimum absolute atomic E-state index is 0.194. The predicted molar refractivity (Wildman–Crippen MR) is 108 cm³/mol. The van der Waals surface area contributed by atoms with Crippen molar-refractivity contribution < 1.29 is 9.59 Å². The standard InChI is InChI=1S/C23H21N3O2/c1-17(27)24-20-13-8-14-26-21(20)25-22(28)23(26,15-18-9-4-2-5-10-18)16-19-11-6-3-7-12-19/h2-14H,15-16H2,1H3,(H,24,27). The first-order valence-electron chi connectivity index (χ1n) is 9.25. The van der Waals surface area contributed by atoms with E-state index in [4.69, 9.17) is 0 Å². The van der Waals surface area contributed by atoms with Gasteiger partial charge in [0.15, 0.2) is 5.84 Å². The van der Waals surface area contributed by atoms with Crippen molar-refractivity contribution >= 4 is 17.6 Å². The zero-order valence-corrected chi connectivity index (χ0v) is 15.6. The van der Waals surface area contributed by atoms with E-state index in [2.05, 4.69) is 10.3 Å². The highest BCUT2D eigenvalue weighted by Gasteiger charge is 2.50. The maximum absolute atomic E-state index is 13.3. The molecule has 0 unspecified atom stereocenters. The monoisotopic (exact) mass is 371 g/mol. The molecule has 0 saturated carbocycles. The zero-order valence-electron chi connectivity index (χ0n) is 15.6. The third kappa shape index (κ3) is 3.27. The fourth-order valence-corrected chi connectivity index (χ4v) is 3.80. The van der Waals surface area contributed by atoms with Crippen molar-refractivity contribution in [3.8, 4) is 0 Å². The Kier molecular flexibility index (Phi) is 4.65. The molecule has 2 amide bonds. The predicted octanol–water partition coefficient (Wildman–Crippen LogP) is 3.00. The summed E-state index contributed by atoms with van der Waals surface area (Å²) in [6, 6.07) is 19.9. The van der Waals surface area contributed by atoms with Gasteiger partial charge in [-0.2, -0.15) is 4.99 Å². The van der Waals surface area contributed by atoms with Crippen molar-refractivity contribution in [1.82, 2.24) is 10.2 Å². The molecule has 28 heavy (non-hydrogen) atoms. The summed E-state index contributed by atoms with van der Waals surface area (Å²) in [4.78, 5) is 31.2. The van der Waals surface area contributed by atoms with Gasteiger partial charge in [0.2, 0.25) is 5.91 Å². The molecule has 0 aromatic heterocycles. The second-order valence-corrected chi connectivity index (χ2v) is 7.07. The Morgan fingerprint density at radius 2 is 1.57 bits per heavy atom. The second-order valence-electron chi connectivity index (χ2n) is 7.07. The van der Waals surface area contributed by atoms with Crippen molar-refractivity contribution in [3.05, 3.63) is 95.8 Å². The van der Waals surface area contributed by atoms with Crippen LogP contribution in [0, 0.1) is 0 Å². The third-order valence-corrected chi connectivity index (χ3v) is 5.02. The number of aliphatic imine (C=N–C) groups is 1. The molecule has 2 aliphatic heterocycles. The number of fused-ring (bicyclic) bond motifs is 1. The first kappa shape index (κ1) is 17.9. The van der Waals surface area contributed by atoms with Crippen molar-refractivity contribution in [2.45, 2.75) is 25.3 Å². The van der Waals surface area contributed by atoms with Crippen molar-refractivity contribution in [1.29, 1.82) is 0 Å². The van der Waals surface area contributed by atoms with Crippen LogP contribution in [0.1, 0.15) is 18.1 Å². The normalized spacial score (nSPS) is 17.0. The van der Waals surface area contributed by atoms with Gasteiger partial charge in [-0.25, -0.2) is 0 Å². The first-order chi connectivity index (χ1) is 13.6. The van der Waals surface area contributed by atoms with Gasteiger partial charge in [0.05, 0.1) is 5.70 Å². The minimum atomic E-state index is -0.869. The fourth-order valence-electron chi connectivity index (χ4n) is 3.80. The Morgan fingerprint density at radius 3 is 2.11 bits per heavy atom. The molecule has 0 radical (unpaired) electrons. The molecule has 0 spiro atoms. The summed E-state index contributed by atoms with van der Waals surface area (Å²) in [5, 5.41) is 2.79. The van der Waals surface area contributed by atoms with Crippen LogP contribution in [-0.4, -0.2) is 28.1 Å². The van der Waals surface area contributed by atoms with Crippen LogP contribution in [-0.2, 0) is 22.4 Å². The second kappa shape index (κ2) is 7.27. The van der Waals surface area contributed by atoms with Crippen LogP contribution in [0.2, 0.25) is 0 Å². The Morgan fingerprint density at radius 1 is 1.00 bits per heavy atom. The van der Waals surface area contributed by atoms with Crippen LogP contribution >= 0.6 is 0 Å². The number of amides is 2. The van der Waals surface area contributed by atoms with E-state index in [1.807, 2.05) is 77.8 Å². The molecule has 2 aliphatic rings. The van der Waals surface area contributed by atoms with Crippen LogP contribution in [0.3, 0.4) is 0 Å². The van der Waals surface area contributed by atoms with E-state index < -0.39 is 5.54 Å². The lowest BCUT2D eigenvalue weighted by molar-refractivity contribution is -0.124. The lowest BCUT2D eigenvalue weighted by Gasteiger charge is -2.38. The van der Waals surface area contributed by atoms with Gasteiger partial charge in [0.25, 0.3) is 5.91 Å². The van der Waals surface area contributed by atoms with E-state index in [9.17, 15) is 9.59 Å². The first-order valence-corrected chi connectivity index (χ1v) is 9.25. The molecule has 2 aromatic rings. The smallest absolute Gasteiger partial charge is 0.274 e. The van der Waals surface area contributed by atoms with Gasteiger partial charge < -0.3 is 10.2 Å². The van der Waals surface area contributed by atoms with E-state index in [1.165, 1.54) is 6.92 Å². The topological polar surface area (TPSA) is 61.8 Å². The number of nitrogens with zero attached hydrogens (tertiary/aromatic N) is 2. The summed E-state index contributed by atoms with van der Waals surface area (Å²) < 4.78 is 0. The van der Waals surface area contributed by atoms with E-state index in [0.29, 0.717) is 24.4 Å². The molecule has 5 heteroatoms. The number of rotatable bonds is 5. The molecule has 1 N–H and O–H groups in total. The molecule has 0 aliphatic carbocycles. The Bertz CT molecular complexity index is 950. The average Bonchev–Trinajstić information content (AvgIpc) is 2.96. The molecule has 140 valence electrons. The lowest BCUT2D eigenvalue weighted by atomic mass is 9.83. The number of benzene rings is 2. The number of hydrogen-bond acceptors (Lipinski definition) is 3. The van der Waals surface area contributed by atoms with Gasteiger partial charge in [-0.05, 0) is 23.3 Å². The summed E-state index contributed by atoms with van der Waals surface area (Å²) in [5.74, 6) is 0.104. The molecular formula is C23H21N3O2. The molecule has 4 rings (SSSR count). The van der Waals surface area contributed by atoms with Gasteiger partial charge in [-0.1, -0.05) is 60.7 Å². The number of carbonyl (C=O) groups excluding carboxylic acids is 2. The zero-order chi connectivity index (χ0) is 19.6. The largest absolute Gasteiger partial charge is 0.323 e. The van der Waals surface area contributed by atoms with Gasteiger partial charge in [-0.15, -0.1) is 0 Å². The maximum atomic E-state index is 13.3. The van der Waals surface area contributed by atoms with E-state index >= 15 is 0 Å². The quantitative estimate of drug-likeness (QED) is 0.879. The highest BCUT2D eigenvalue weighted by Crippen LogP contribution is 2.35. The van der Waals surface area contributed by atoms with Gasteiger partial charge in [0, 0.05) is 26.0 Å². The van der Waals surface area contributed by atoms with Crippen molar-refractivity contribution in [2.75, 3.05) is 0 Å². The Labute approximate surface area is 164 Å². The highest BCUT2D eigenvalue weighted by molar-refractivity contribution is 6.15. The minimum Gasteiger partial charge on any atom is -0.323 e. The molecule has 0 bridgehead atoms. The van der Waals surface area contributed by atoms with E-state index in [0.717, 1.165) is 11.1 Å². The number of carbonyl (C=O) groups is 2. The van der Waals surface area contributed by atoms with E-state index in [1.54, 1.807) is 6.08 Å². The molecule has 0 atom stereocenters. The summed E-state index contributed by atoms with van der Waals surface area (Å²) >= 11 is 0. The van der Waals surface area contributed by atoms with Gasteiger partial charge in [-0.3, -0.25) is 9.59 Å². The van der Waals surface area contributed by atoms with Crippen LogP contribution < -0.4 is 5.32 Å². The molecule has 2 aromatic carbocycles. The summed E-state index contributed by atoms with van der Waals surface area (Å²) in [6.07, 6.45) is 6.53. The maximum Gasteiger partial charge on any atom is 0.274 e. The van der Waals surface area contributed by atoms with E-state index in [-0.39, 0.29) is 11.8 Å². The number of hydrogen-bond donors (Lipinski definition) is 1. The fraction of sp³-hybridized carbons (Fsp3) is 0.174. The summed E-state index contributed by atoms with van der Waals surface area (Å²) in [6.45, 7) is 1.45. The van der Waals surface area contributed by atoms with Crippen molar-refractivity contribution in [3.63, 3.8) is 0 Å². The number of amidine groups is 1. The molecule has 0 saturated heterocycles. The summed E-state index contributed by atoms with van der Waals surface area (Å²) in [5.41, 5.74) is 1.80. The Balaban J connectivity index is 1.76. The van der Waals surface area contributed by atoms with Crippen LogP contribution in [0.15, 0.2) is 89.7 Å². The van der Waals surface area contributed by atoms with Crippen molar-refractivity contribution in [2.24, 2.45) is 4.99 Å². The van der Waals surface area contributed by atoms with Crippen LogP contribution in [0.4, 0.5) is 0 Å². The van der Waals surface area contributed by atoms with Crippen LogP contribution in [0.5, 0.6) is 0 Å². The number of allylic oxidation sites excluding steroid dienone is 2. The molecular weight excluding hydrogens is 350 g/mol. The molecule has 2 heterocycles. The lowest BCUT2D eigenvalue weighted by Crippen LogP contribution is -2.54. The van der Waals surface area contributed by atoms with Gasteiger partial charge >= 0.3 is 0 Å². The SMILES string of the molecule is CC(=O)NC1=CC=CN2C1=NC(=O)C2(Cc1ccccc1)Cc1ccccc1. The Hall–Kier alpha value is -3.47. The number of nitrogens with one attached hydrogen (secondary N) is 1. The third-order valence-electron chi connectivity index (χ3n) is 5.02. The molecule has 0 fully saturated rings. The van der Waals surface area contributed by atoms with Crippen LogP contribution in [0.25, 0.3) is 0 Å². The molecule has 5 nitrogen and oxygen atoms in total. The average molecular weight is 371 g/mol.